The van der Waals surface area contributed by atoms with E-state index in [0.717, 1.165) is 43.1 Å². The third-order valence-electron chi connectivity index (χ3n) is 4.68. The predicted octanol–water partition coefficient (Wildman–Crippen LogP) is 3.12. The molecule has 0 amide bonds. The third-order valence-corrected chi connectivity index (χ3v) is 4.68. The van der Waals surface area contributed by atoms with Gasteiger partial charge in [-0.25, -0.2) is 4.98 Å². The summed E-state index contributed by atoms with van der Waals surface area (Å²) in [6.45, 7) is 2.98. The highest BCUT2D eigenvalue weighted by atomic mass is 16.5. The molecule has 0 aromatic carbocycles. The monoisotopic (exact) mass is 369 g/mol. The standard InChI is InChI=1S/C19H23N5O3/c1-25-12-9-21-17-15(6-2-8-20-17)18-22-19(27-23-18)16-7-3-10-24(16)13-14-5-4-11-26-14/h2,4-6,8,11,16H,3,7,9-10,12-13H2,1H3,(H,20,21)/t16-/m1/s1. The summed E-state index contributed by atoms with van der Waals surface area (Å²) in [7, 11) is 1.67. The second kappa shape index (κ2) is 8.32. The van der Waals surface area contributed by atoms with E-state index >= 15 is 0 Å². The summed E-state index contributed by atoms with van der Waals surface area (Å²) in [4.78, 5) is 11.4. The zero-order valence-electron chi connectivity index (χ0n) is 15.3. The summed E-state index contributed by atoms with van der Waals surface area (Å²) >= 11 is 0. The summed E-state index contributed by atoms with van der Waals surface area (Å²) in [5.41, 5.74) is 0.819. The van der Waals surface area contributed by atoms with Gasteiger partial charge in [0, 0.05) is 19.9 Å². The minimum Gasteiger partial charge on any atom is -0.468 e. The number of methoxy groups -OCH3 is 1. The Morgan fingerprint density at radius 3 is 3.15 bits per heavy atom. The molecular weight excluding hydrogens is 346 g/mol. The first kappa shape index (κ1) is 17.7. The normalized spacial score (nSPS) is 17.4. The average Bonchev–Trinajstić information content (AvgIpc) is 3.44. The van der Waals surface area contributed by atoms with Crippen LogP contribution in [0.4, 0.5) is 5.82 Å². The number of anilines is 1. The van der Waals surface area contributed by atoms with E-state index in [1.165, 1.54) is 0 Å². The fraction of sp³-hybridized carbons (Fsp3) is 0.421. The first-order valence-corrected chi connectivity index (χ1v) is 9.13. The number of pyridine rings is 1. The topological polar surface area (TPSA) is 89.5 Å². The molecule has 1 N–H and O–H groups in total. The molecule has 0 bridgehead atoms. The highest BCUT2D eigenvalue weighted by Gasteiger charge is 2.31. The molecule has 1 aliphatic rings. The maximum absolute atomic E-state index is 5.62. The smallest absolute Gasteiger partial charge is 0.244 e. The van der Waals surface area contributed by atoms with Gasteiger partial charge in [-0.15, -0.1) is 0 Å². The zero-order valence-corrected chi connectivity index (χ0v) is 15.3. The molecule has 0 spiro atoms. The zero-order chi connectivity index (χ0) is 18.5. The molecule has 3 aromatic heterocycles. The van der Waals surface area contributed by atoms with Gasteiger partial charge in [0.2, 0.25) is 11.7 Å². The fourth-order valence-electron chi connectivity index (χ4n) is 3.38. The van der Waals surface area contributed by atoms with Gasteiger partial charge in [0.1, 0.15) is 11.6 Å². The van der Waals surface area contributed by atoms with Crippen LogP contribution in [0.5, 0.6) is 0 Å². The number of rotatable bonds is 8. The molecule has 1 atom stereocenters. The van der Waals surface area contributed by atoms with Crippen molar-refractivity contribution >= 4 is 5.82 Å². The Labute approximate surface area is 157 Å². The minimum absolute atomic E-state index is 0.109. The van der Waals surface area contributed by atoms with Crippen LogP contribution in [0, 0.1) is 0 Å². The molecule has 8 nitrogen and oxygen atoms in total. The minimum atomic E-state index is 0.109. The van der Waals surface area contributed by atoms with E-state index in [1.54, 1.807) is 19.6 Å². The Morgan fingerprint density at radius 1 is 1.33 bits per heavy atom. The third kappa shape index (κ3) is 4.01. The summed E-state index contributed by atoms with van der Waals surface area (Å²) in [6, 6.07) is 7.81. The van der Waals surface area contributed by atoms with E-state index in [-0.39, 0.29) is 6.04 Å². The van der Waals surface area contributed by atoms with Gasteiger partial charge in [0.15, 0.2) is 0 Å². The quantitative estimate of drug-likeness (QED) is 0.606. The Balaban J connectivity index is 1.51. The van der Waals surface area contributed by atoms with Gasteiger partial charge in [-0.3, -0.25) is 4.90 Å². The lowest BCUT2D eigenvalue weighted by molar-refractivity contribution is 0.188. The molecule has 3 aromatic rings. The van der Waals surface area contributed by atoms with Crippen LogP contribution in [0.2, 0.25) is 0 Å². The Morgan fingerprint density at radius 2 is 2.30 bits per heavy atom. The molecule has 8 heteroatoms. The molecule has 1 fully saturated rings. The van der Waals surface area contributed by atoms with Crippen molar-refractivity contribution in [1.29, 1.82) is 0 Å². The van der Waals surface area contributed by atoms with Gasteiger partial charge in [-0.1, -0.05) is 5.16 Å². The Hall–Kier alpha value is -2.71. The van der Waals surface area contributed by atoms with Crippen LogP contribution in [0.3, 0.4) is 0 Å². The van der Waals surface area contributed by atoms with Crippen molar-refractivity contribution in [3.63, 3.8) is 0 Å². The number of nitrogens with one attached hydrogen (secondary N) is 1. The molecular formula is C19H23N5O3. The van der Waals surface area contributed by atoms with Crippen molar-refractivity contribution in [1.82, 2.24) is 20.0 Å². The van der Waals surface area contributed by atoms with Crippen LogP contribution in [-0.4, -0.2) is 46.8 Å². The number of hydrogen-bond acceptors (Lipinski definition) is 8. The Bertz CT molecular complexity index is 849. The second-order valence-corrected chi connectivity index (χ2v) is 6.48. The first-order chi connectivity index (χ1) is 13.3. The summed E-state index contributed by atoms with van der Waals surface area (Å²) in [6.07, 6.45) is 5.53. The van der Waals surface area contributed by atoms with Crippen LogP contribution < -0.4 is 5.32 Å². The lowest BCUT2D eigenvalue weighted by atomic mass is 10.2. The van der Waals surface area contributed by atoms with E-state index < -0.39 is 0 Å². The number of hydrogen-bond donors (Lipinski definition) is 1. The van der Waals surface area contributed by atoms with Gasteiger partial charge in [-0.2, -0.15) is 4.98 Å². The van der Waals surface area contributed by atoms with E-state index in [4.69, 9.17) is 13.7 Å². The number of ether oxygens (including phenoxy) is 1. The molecule has 0 saturated carbocycles. The molecule has 0 radical (unpaired) electrons. The molecule has 0 unspecified atom stereocenters. The number of likely N-dealkylation sites (tertiary alicyclic amines) is 1. The summed E-state index contributed by atoms with van der Waals surface area (Å²) in [5.74, 6) is 2.85. The van der Waals surface area contributed by atoms with Crippen LogP contribution in [0.15, 0.2) is 45.7 Å². The van der Waals surface area contributed by atoms with Gasteiger partial charge in [-0.05, 0) is 43.7 Å². The van der Waals surface area contributed by atoms with Crippen molar-refractivity contribution in [2.24, 2.45) is 0 Å². The van der Waals surface area contributed by atoms with Crippen LogP contribution in [-0.2, 0) is 11.3 Å². The van der Waals surface area contributed by atoms with Crippen molar-refractivity contribution < 1.29 is 13.7 Å². The highest BCUT2D eigenvalue weighted by molar-refractivity contribution is 5.69. The van der Waals surface area contributed by atoms with Crippen LogP contribution in [0.25, 0.3) is 11.4 Å². The van der Waals surface area contributed by atoms with E-state index in [2.05, 4.69) is 25.3 Å². The van der Waals surface area contributed by atoms with E-state index in [1.807, 2.05) is 24.3 Å². The van der Waals surface area contributed by atoms with Crippen molar-refractivity contribution in [2.45, 2.75) is 25.4 Å². The van der Waals surface area contributed by atoms with Gasteiger partial charge < -0.3 is 19.0 Å². The lowest BCUT2D eigenvalue weighted by Gasteiger charge is -2.19. The van der Waals surface area contributed by atoms with Crippen LogP contribution >= 0.6 is 0 Å². The second-order valence-electron chi connectivity index (χ2n) is 6.48. The summed E-state index contributed by atoms with van der Waals surface area (Å²) in [5, 5.41) is 7.45. The first-order valence-electron chi connectivity index (χ1n) is 9.13. The molecule has 4 heterocycles. The lowest BCUT2D eigenvalue weighted by Crippen LogP contribution is -2.22. The van der Waals surface area contributed by atoms with Gasteiger partial charge in [0.25, 0.3) is 0 Å². The highest BCUT2D eigenvalue weighted by Crippen LogP contribution is 2.34. The molecule has 1 aliphatic heterocycles. The van der Waals surface area contributed by atoms with Crippen molar-refractivity contribution in [3.05, 3.63) is 48.4 Å². The average molecular weight is 369 g/mol. The maximum Gasteiger partial charge on any atom is 0.244 e. The molecule has 1 saturated heterocycles. The van der Waals surface area contributed by atoms with Gasteiger partial charge >= 0.3 is 0 Å². The number of aromatic nitrogens is 3. The molecule has 4 rings (SSSR count). The SMILES string of the molecule is COCCNc1ncccc1-c1noc([C@H]2CCCN2Cc2ccco2)n1. The molecule has 0 aliphatic carbocycles. The van der Waals surface area contributed by atoms with E-state index in [0.29, 0.717) is 24.9 Å². The largest absolute Gasteiger partial charge is 0.468 e. The summed E-state index contributed by atoms with van der Waals surface area (Å²) < 4.78 is 16.2. The van der Waals surface area contributed by atoms with Crippen molar-refractivity contribution in [2.75, 3.05) is 32.1 Å². The number of nitrogens with zero attached hydrogens (tertiary/aromatic N) is 4. The van der Waals surface area contributed by atoms with E-state index in [9.17, 15) is 0 Å². The molecule has 27 heavy (non-hydrogen) atoms. The van der Waals surface area contributed by atoms with Crippen LogP contribution in [0.1, 0.15) is 30.5 Å². The predicted molar refractivity (Wildman–Crippen MR) is 99.0 cm³/mol. The van der Waals surface area contributed by atoms with Crippen molar-refractivity contribution in [3.8, 4) is 11.4 Å². The fourth-order valence-corrected chi connectivity index (χ4v) is 3.38. The van der Waals surface area contributed by atoms with Gasteiger partial charge in [0.05, 0.1) is 31.0 Å². The number of furan rings is 1. The maximum atomic E-state index is 5.62. The Kier molecular flexibility index (Phi) is 5.45. The molecule has 142 valence electrons.